The van der Waals surface area contributed by atoms with Gasteiger partial charge in [-0.2, -0.15) is 22.3 Å². The van der Waals surface area contributed by atoms with Gasteiger partial charge in [0.25, 0.3) is 11.8 Å². The van der Waals surface area contributed by atoms with Gasteiger partial charge in [0.15, 0.2) is 17.2 Å². The van der Waals surface area contributed by atoms with E-state index in [9.17, 15) is 36.7 Å². The monoisotopic (exact) mass is 475 g/mol. The highest BCUT2D eigenvalue weighted by Crippen LogP contribution is 2.51. The van der Waals surface area contributed by atoms with Crippen LogP contribution in [0.1, 0.15) is 35.3 Å². The first-order chi connectivity index (χ1) is 15.3. The summed E-state index contributed by atoms with van der Waals surface area (Å²) in [5.41, 5.74) is 1.64. The van der Waals surface area contributed by atoms with Crippen LogP contribution in [-0.4, -0.2) is 46.7 Å². The molecule has 2 amide bonds. The first-order valence-corrected chi connectivity index (χ1v) is 9.36. The highest BCUT2D eigenvalue weighted by Gasteiger charge is 2.61. The number of alkyl halides is 3. The van der Waals surface area contributed by atoms with E-state index in [-0.39, 0.29) is 10.9 Å². The summed E-state index contributed by atoms with van der Waals surface area (Å²) in [6.45, 7) is 0.724. The summed E-state index contributed by atoms with van der Waals surface area (Å²) in [7, 11) is 1.00. The lowest BCUT2D eigenvalue weighted by Crippen LogP contribution is -2.43. The summed E-state index contributed by atoms with van der Waals surface area (Å²) in [6, 6.07) is 3.74. The van der Waals surface area contributed by atoms with E-state index in [1.54, 1.807) is 0 Å². The number of nitrogens with two attached hydrogens (primary N) is 1. The zero-order valence-electron chi connectivity index (χ0n) is 17.2. The van der Waals surface area contributed by atoms with Crippen molar-refractivity contribution in [1.29, 1.82) is 0 Å². The molecule has 3 N–H and O–H groups in total. The second-order valence-corrected chi connectivity index (χ2v) is 7.49. The van der Waals surface area contributed by atoms with E-state index in [0.717, 1.165) is 38.4 Å². The van der Waals surface area contributed by atoms with Crippen LogP contribution < -0.4 is 15.8 Å². The number of carbonyl (C=O) groups is 2. The first kappa shape index (κ1) is 24.2. The Hall–Kier alpha value is -3.48. The second kappa shape index (κ2) is 8.46. The molecule has 0 unspecified atom stereocenters. The molecule has 1 fully saturated rings. The Kier molecular flexibility index (Phi) is 6.20. The number of primary amides is 1. The Labute approximate surface area is 183 Å². The Morgan fingerprint density at radius 2 is 1.97 bits per heavy atom. The van der Waals surface area contributed by atoms with Crippen molar-refractivity contribution in [2.24, 2.45) is 10.7 Å². The van der Waals surface area contributed by atoms with Crippen LogP contribution in [0, 0.1) is 11.6 Å². The second-order valence-electron chi connectivity index (χ2n) is 7.49. The average Bonchev–Trinajstić information content (AvgIpc) is 3.10. The van der Waals surface area contributed by atoms with E-state index in [1.807, 2.05) is 0 Å². The van der Waals surface area contributed by atoms with Gasteiger partial charge in [-0.15, -0.1) is 0 Å². The Morgan fingerprint density at radius 1 is 1.30 bits per heavy atom. The molecule has 1 saturated heterocycles. The first-order valence-electron chi connectivity index (χ1n) is 9.36. The van der Waals surface area contributed by atoms with Crippen LogP contribution in [-0.2, 0) is 9.53 Å². The fourth-order valence-electron chi connectivity index (χ4n) is 3.59. The van der Waals surface area contributed by atoms with Crippen LogP contribution in [0.25, 0.3) is 0 Å². The maximum atomic E-state index is 14.2. The number of carbonyl (C=O) groups excluding carboxylic acids is 2. The molecular weight excluding hydrogens is 457 g/mol. The number of halogens is 5. The lowest BCUT2D eigenvalue weighted by molar-refractivity contribution is -0.262. The number of hydrogen-bond donors (Lipinski definition) is 2. The predicted octanol–water partition coefficient (Wildman–Crippen LogP) is 2.43. The van der Waals surface area contributed by atoms with Crippen molar-refractivity contribution in [2.75, 3.05) is 7.11 Å². The highest BCUT2D eigenvalue weighted by molar-refractivity contribution is 5.91. The molecule has 8 nitrogen and oxygen atoms in total. The fraction of sp³-hybridized carbons (Fsp3) is 0.350. The van der Waals surface area contributed by atoms with Crippen LogP contribution >= 0.6 is 0 Å². The molecule has 1 aliphatic heterocycles. The van der Waals surface area contributed by atoms with Gasteiger partial charge >= 0.3 is 6.18 Å². The number of pyridine rings is 1. The van der Waals surface area contributed by atoms with Crippen molar-refractivity contribution in [3.8, 4) is 5.75 Å². The summed E-state index contributed by atoms with van der Waals surface area (Å²) >= 11 is 0. The number of hydrogen-bond acceptors (Lipinski definition) is 5. The number of rotatable bonds is 4. The Bertz CT molecular complexity index is 1180. The van der Waals surface area contributed by atoms with E-state index in [2.05, 4.69) is 4.99 Å². The maximum Gasteiger partial charge on any atom is 0.417 e. The topological polar surface area (TPSA) is 116 Å². The van der Waals surface area contributed by atoms with Crippen molar-refractivity contribution in [1.82, 2.24) is 4.73 Å². The molecule has 0 aliphatic carbocycles. The molecule has 0 spiro atoms. The lowest BCUT2D eigenvalue weighted by Gasteiger charge is -2.26. The third-order valence-corrected chi connectivity index (χ3v) is 5.30. The lowest BCUT2D eigenvalue weighted by atomic mass is 9.86. The van der Waals surface area contributed by atoms with Crippen molar-refractivity contribution >= 4 is 11.8 Å². The van der Waals surface area contributed by atoms with Gasteiger partial charge in [0, 0.05) is 17.7 Å². The van der Waals surface area contributed by atoms with E-state index < -0.39 is 65.1 Å². The van der Waals surface area contributed by atoms with Crippen molar-refractivity contribution in [3.05, 3.63) is 58.7 Å². The molecule has 0 bridgehead atoms. The molecule has 2 heterocycles. The van der Waals surface area contributed by atoms with E-state index in [0.29, 0.717) is 10.8 Å². The van der Waals surface area contributed by atoms with Gasteiger partial charge in [0.2, 0.25) is 5.82 Å². The van der Waals surface area contributed by atoms with Crippen LogP contribution in [0.5, 0.6) is 5.75 Å². The van der Waals surface area contributed by atoms with Gasteiger partial charge in [-0.05, 0) is 31.5 Å². The number of amides is 2. The largest absolute Gasteiger partial charge is 0.493 e. The molecule has 0 saturated carbocycles. The van der Waals surface area contributed by atoms with Crippen molar-refractivity contribution in [2.45, 2.75) is 37.1 Å². The van der Waals surface area contributed by atoms with Crippen LogP contribution in [0.2, 0.25) is 0 Å². The smallest absolute Gasteiger partial charge is 0.417 e. The standard InChI is InChI=1S/C20H18F5N3O5/c1-19(20(23,24)25)8-11(10-3-4-12(21)14(22)15(10)32-2)16(33-19)18(30)27-9-5-6-28(31)13(7-9)17(26)29/h3-7,11,16,31H,8H2,1-2H3,(H2,26,29)/t11-,16+,19-/m1/s1. The zero-order valence-corrected chi connectivity index (χ0v) is 17.2. The van der Waals surface area contributed by atoms with E-state index in [4.69, 9.17) is 15.2 Å². The zero-order chi connectivity index (χ0) is 24.7. The molecule has 2 aromatic rings. The van der Waals surface area contributed by atoms with Gasteiger partial charge < -0.3 is 20.4 Å². The molecule has 178 valence electrons. The summed E-state index contributed by atoms with van der Waals surface area (Å²) in [6.07, 6.45) is -6.62. The Balaban J connectivity index is 2.12. The van der Waals surface area contributed by atoms with Gasteiger partial charge in [0.05, 0.1) is 12.5 Å². The average molecular weight is 475 g/mol. The number of methoxy groups -OCH3 is 1. The highest BCUT2D eigenvalue weighted by atomic mass is 19.4. The van der Waals surface area contributed by atoms with Gasteiger partial charge in [0.1, 0.15) is 11.8 Å². The number of aromatic nitrogens is 1. The molecule has 3 rings (SSSR count). The van der Waals surface area contributed by atoms with E-state index in [1.165, 1.54) is 0 Å². The molecular formula is C20H18F5N3O5. The quantitative estimate of drug-likeness (QED) is 0.521. The summed E-state index contributed by atoms with van der Waals surface area (Å²) < 4.78 is 79.3. The van der Waals surface area contributed by atoms with Gasteiger partial charge in [-0.3, -0.25) is 9.59 Å². The number of ether oxygens (including phenoxy) is 2. The van der Waals surface area contributed by atoms with Gasteiger partial charge in [-0.1, -0.05) is 6.07 Å². The molecule has 1 aromatic carbocycles. The summed E-state index contributed by atoms with van der Waals surface area (Å²) in [5, 5.41) is 9.36. The predicted molar refractivity (Wildman–Crippen MR) is 100 cm³/mol. The van der Waals surface area contributed by atoms with Crippen LogP contribution in [0.3, 0.4) is 0 Å². The number of nitrogens with zero attached hydrogens (tertiary/aromatic N) is 2. The minimum absolute atomic E-state index is 0.209. The summed E-state index contributed by atoms with van der Waals surface area (Å²) in [5.74, 6) is -7.04. The number of benzene rings is 1. The molecule has 3 atom stereocenters. The molecule has 33 heavy (non-hydrogen) atoms. The molecule has 13 heteroatoms. The third-order valence-electron chi connectivity index (χ3n) is 5.30. The van der Waals surface area contributed by atoms with Crippen LogP contribution in [0.4, 0.5) is 22.0 Å². The Morgan fingerprint density at radius 3 is 2.55 bits per heavy atom. The summed E-state index contributed by atoms with van der Waals surface area (Å²) in [4.78, 5) is 27.9. The SMILES string of the molecule is COc1c([C@H]2C[C@](C)(C(F)(F)F)O[C@@H]2C(=O)N=c2ccn(O)c(C(N)=O)c2)ccc(F)c1F. The minimum Gasteiger partial charge on any atom is -0.493 e. The van der Waals surface area contributed by atoms with Crippen molar-refractivity contribution in [3.63, 3.8) is 0 Å². The minimum atomic E-state index is -4.90. The maximum absolute atomic E-state index is 14.2. The molecule has 1 aromatic heterocycles. The van der Waals surface area contributed by atoms with Gasteiger partial charge in [-0.25, -0.2) is 9.38 Å². The van der Waals surface area contributed by atoms with E-state index >= 15 is 0 Å². The van der Waals surface area contributed by atoms with Crippen molar-refractivity contribution < 1.29 is 46.2 Å². The van der Waals surface area contributed by atoms with Crippen LogP contribution in [0.15, 0.2) is 35.5 Å². The molecule has 0 radical (unpaired) electrons. The fourth-order valence-corrected chi connectivity index (χ4v) is 3.59. The molecule has 1 aliphatic rings. The normalized spacial score (nSPS) is 23.5. The third kappa shape index (κ3) is 4.40.